The maximum absolute atomic E-state index is 13.1. The molecule has 0 spiro atoms. The molecule has 4 nitrogen and oxygen atoms in total. The molecule has 0 bridgehead atoms. The Balaban J connectivity index is 2.25. The summed E-state index contributed by atoms with van der Waals surface area (Å²) in [4.78, 5) is 15.4. The topological polar surface area (TPSA) is 44.1 Å². The minimum Gasteiger partial charge on any atom is -0.466 e. The molecule has 3 rings (SSSR count). The maximum atomic E-state index is 13.1. The lowest BCUT2D eigenvalue weighted by molar-refractivity contribution is -0.137. The maximum Gasteiger partial charge on any atom is 0.416 e. The van der Waals surface area contributed by atoms with Gasteiger partial charge in [-0.3, -0.25) is 4.57 Å². The van der Waals surface area contributed by atoms with Gasteiger partial charge in [0.25, 0.3) is 0 Å². The first-order valence-electron chi connectivity index (χ1n) is 7.30. The van der Waals surface area contributed by atoms with E-state index >= 15 is 0 Å². The number of benzene rings is 2. The Morgan fingerprint density at radius 1 is 1.20 bits per heavy atom. The molecule has 0 aliphatic rings. The van der Waals surface area contributed by atoms with Gasteiger partial charge in [-0.25, -0.2) is 9.78 Å². The smallest absolute Gasteiger partial charge is 0.416 e. The second-order valence-corrected chi connectivity index (χ2v) is 5.24. The number of hydrogen-bond acceptors (Lipinski definition) is 3. The van der Waals surface area contributed by atoms with Crippen LogP contribution in [-0.2, 0) is 15.7 Å². The van der Waals surface area contributed by atoms with E-state index in [1.165, 1.54) is 19.5 Å². The molecule has 0 amide bonds. The van der Waals surface area contributed by atoms with Crippen molar-refractivity contribution in [2.75, 3.05) is 7.11 Å². The van der Waals surface area contributed by atoms with Gasteiger partial charge in [-0.15, -0.1) is 0 Å². The normalized spacial score (nSPS) is 12.0. The predicted molar refractivity (Wildman–Crippen MR) is 87.1 cm³/mol. The lowest BCUT2D eigenvalue weighted by Crippen LogP contribution is -2.06. The molecule has 3 aromatic rings. The van der Waals surface area contributed by atoms with Crippen molar-refractivity contribution in [1.29, 1.82) is 0 Å². The van der Waals surface area contributed by atoms with E-state index in [-0.39, 0.29) is 11.1 Å². The number of rotatable bonds is 3. The number of para-hydroxylation sites is 1. The molecule has 1 heterocycles. The molecule has 0 fully saturated rings. The van der Waals surface area contributed by atoms with E-state index in [4.69, 9.17) is 0 Å². The number of imidazole rings is 1. The molecule has 0 saturated carbocycles. The Bertz CT molecular complexity index is 944. The first-order chi connectivity index (χ1) is 11.9. The Labute approximate surface area is 141 Å². The number of alkyl halides is 3. The second kappa shape index (κ2) is 6.43. The van der Waals surface area contributed by atoms with Gasteiger partial charge in [0.1, 0.15) is 6.33 Å². The van der Waals surface area contributed by atoms with Crippen LogP contribution in [0.4, 0.5) is 13.2 Å². The van der Waals surface area contributed by atoms with Gasteiger partial charge in [0.2, 0.25) is 0 Å². The van der Waals surface area contributed by atoms with Crippen LogP contribution < -0.4 is 0 Å². The van der Waals surface area contributed by atoms with Crippen molar-refractivity contribution in [2.24, 2.45) is 0 Å². The highest BCUT2D eigenvalue weighted by Crippen LogP contribution is 2.34. The zero-order chi connectivity index (χ0) is 18.0. The molecule has 25 heavy (non-hydrogen) atoms. The highest BCUT2D eigenvalue weighted by Gasteiger charge is 2.31. The molecule has 0 atom stereocenters. The molecule has 2 aromatic carbocycles. The quantitative estimate of drug-likeness (QED) is 0.527. The number of ether oxygens (including phenoxy) is 1. The third kappa shape index (κ3) is 3.40. The van der Waals surface area contributed by atoms with Crippen LogP contribution in [0.3, 0.4) is 0 Å². The summed E-state index contributed by atoms with van der Waals surface area (Å²) in [6.07, 6.45) is -0.685. The van der Waals surface area contributed by atoms with Crippen LogP contribution in [-0.4, -0.2) is 22.6 Å². The molecule has 0 N–H and O–H groups in total. The molecular weight excluding hydrogens is 333 g/mol. The summed E-state index contributed by atoms with van der Waals surface area (Å²) in [5.41, 5.74) is 0.791. The number of hydrogen-bond donors (Lipinski definition) is 0. The van der Waals surface area contributed by atoms with Gasteiger partial charge in [-0.2, -0.15) is 13.2 Å². The lowest BCUT2D eigenvalue weighted by atomic mass is 10.1. The van der Waals surface area contributed by atoms with Gasteiger partial charge in [0.15, 0.2) is 0 Å². The van der Waals surface area contributed by atoms with Crippen molar-refractivity contribution in [2.45, 2.75) is 6.18 Å². The summed E-state index contributed by atoms with van der Waals surface area (Å²) in [7, 11) is 1.20. The largest absolute Gasteiger partial charge is 0.466 e. The Morgan fingerprint density at radius 3 is 2.56 bits per heavy atom. The zero-order valence-corrected chi connectivity index (χ0v) is 13.1. The second-order valence-electron chi connectivity index (χ2n) is 5.24. The summed E-state index contributed by atoms with van der Waals surface area (Å²) in [6, 6.07) is 11.1. The van der Waals surface area contributed by atoms with E-state index in [0.29, 0.717) is 5.52 Å². The molecule has 0 radical (unpaired) electrons. The number of esters is 1. The molecule has 128 valence electrons. The van der Waals surface area contributed by atoms with Gasteiger partial charge >= 0.3 is 12.1 Å². The Hall–Kier alpha value is -3.09. The molecule has 0 unspecified atom stereocenters. The van der Waals surface area contributed by atoms with Crippen molar-refractivity contribution in [3.8, 4) is 5.69 Å². The van der Waals surface area contributed by atoms with Crippen LogP contribution in [0, 0.1) is 0 Å². The third-order valence-electron chi connectivity index (χ3n) is 3.63. The molecule has 0 aliphatic carbocycles. The van der Waals surface area contributed by atoms with Crippen molar-refractivity contribution in [1.82, 2.24) is 9.55 Å². The van der Waals surface area contributed by atoms with E-state index in [2.05, 4.69) is 9.72 Å². The lowest BCUT2D eigenvalue weighted by Gasteiger charge is -2.11. The van der Waals surface area contributed by atoms with Crippen molar-refractivity contribution < 1.29 is 22.7 Å². The minimum atomic E-state index is -4.52. The van der Waals surface area contributed by atoms with Crippen LogP contribution in [0.15, 0.2) is 54.9 Å². The van der Waals surface area contributed by atoms with E-state index in [9.17, 15) is 18.0 Å². The number of halogens is 3. The predicted octanol–water partition coefficient (Wildman–Crippen LogP) is 4.23. The molecule has 0 aliphatic heterocycles. The first-order valence-corrected chi connectivity index (χ1v) is 7.30. The standard InChI is InChI=1S/C18H13F3N2O2/c1-25-16(24)8-7-12-9-13(18(19,20)21)10-15-17(12)23(11-22-15)14-5-3-2-4-6-14/h2-11H,1H3/b8-7-. The van der Waals surface area contributed by atoms with Crippen LogP contribution >= 0.6 is 0 Å². The van der Waals surface area contributed by atoms with Crippen LogP contribution in [0.5, 0.6) is 0 Å². The van der Waals surface area contributed by atoms with Crippen molar-refractivity contribution >= 4 is 23.1 Å². The van der Waals surface area contributed by atoms with Gasteiger partial charge < -0.3 is 4.74 Å². The number of nitrogens with zero attached hydrogens (tertiary/aromatic N) is 2. The summed E-state index contributed by atoms with van der Waals surface area (Å²) < 4.78 is 45.6. The van der Waals surface area contributed by atoms with Gasteiger partial charge in [-0.1, -0.05) is 18.2 Å². The average molecular weight is 346 g/mol. The summed E-state index contributed by atoms with van der Waals surface area (Å²) >= 11 is 0. The van der Waals surface area contributed by atoms with E-state index < -0.39 is 17.7 Å². The van der Waals surface area contributed by atoms with E-state index in [1.54, 1.807) is 4.57 Å². The van der Waals surface area contributed by atoms with E-state index in [0.717, 1.165) is 23.9 Å². The average Bonchev–Trinajstić information content (AvgIpc) is 3.03. The molecular formula is C18H13F3N2O2. The number of methoxy groups -OCH3 is 1. The minimum absolute atomic E-state index is 0.184. The monoisotopic (exact) mass is 346 g/mol. The van der Waals surface area contributed by atoms with Gasteiger partial charge in [-0.05, 0) is 30.3 Å². The summed E-state index contributed by atoms with van der Waals surface area (Å²) in [5.74, 6) is -0.656. The van der Waals surface area contributed by atoms with E-state index in [1.807, 2.05) is 30.3 Å². The summed E-state index contributed by atoms with van der Waals surface area (Å²) in [6.45, 7) is 0. The molecule has 1 aromatic heterocycles. The fourth-order valence-corrected chi connectivity index (χ4v) is 2.48. The number of carbonyl (C=O) groups is 1. The van der Waals surface area contributed by atoms with Crippen LogP contribution in [0.2, 0.25) is 0 Å². The molecule has 7 heteroatoms. The number of carbonyl (C=O) groups excluding carboxylic acids is 1. The fourth-order valence-electron chi connectivity index (χ4n) is 2.48. The van der Waals surface area contributed by atoms with Crippen LogP contribution in [0.25, 0.3) is 22.8 Å². The SMILES string of the molecule is COC(=O)/C=C\c1cc(C(F)(F)F)cc2ncn(-c3ccccc3)c12. The third-order valence-corrected chi connectivity index (χ3v) is 3.63. The number of aromatic nitrogens is 2. The highest BCUT2D eigenvalue weighted by atomic mass is 19.4. The van der Waals surface area contributed by atoms with Crippen molar-refractivity contribution in [3.63, 3.8) is 0 Å². The molecule has 0 saturated heterocycles. The van der Waals surface area contributed by atoms with Gasteiger partial charge in [0.05, 0.1) is 23.7 Å². The summed E-state index contributed by atoms with van der Waals surface area (Å²) in [5, 5.41) is 0. The Morgan fingerprint density at radius 2 is 1.92 bits per heavy atom. The zero-order valence-electron chi connectivity index (χ0n) is 13.1. The Kier molecular flexibility index (Phi) is 4.31. The van der Waals surface area contributed by atoms with Crippen LogP contribution in [0.1, 0.15) is 11.1 Å². The fraction of sp³-hybridized carbons (Fsp3) is 0.111. The highest BCUT2D eigenvalue weighted by molar-refractivity contribution is 5.93. The van der Waals surface area contributed by atoms with Crippen molar-refractivity contribution in [3.05, 3.63) is 66.0 Å². The first kappa shape index (κ1) is 16.8. The number of fused-ring (bicyclic) bond motifs is 1. The van der Waals surface area contributed by atoms with Gasteiger partial charge in [0, 0.05) is 17.3 Å².